The van der Waals surface area contributed by atoms with Gasteiger partial charge in [-0.25, -0.2) is 4.39 Å². The Kier molecular flexibility index (Phi) is 4.33. The van der Waals surface area contributed by atoms with E-state index in [0.29, 0.717) is 5.69 Å². The van der Waals surface area contributed by atoms with Crippen molar-refractivity contribution >= 4 is 28.9 Å². The van der Waals surface area contributed by atoms with Crippen molar-refractivity contribution in [3.05, 3.63) is 57.3 Å². The maximum atomic E-state index is 13.9. The second kappa shape index (κ2) is 6.00. The van der Waals surface area contributed by atoms with Crippen molar-refractivity contribution < 1.29 is 9.13 Å². The van der Waals surface area contributed by atoms with Crippen molar-refractivity contribution in [3.63, 3.8) is 0 Å². The molecular weight excluding hydrogens is 302 g/mol. The minimum Gasteiger partial charge on any atom is -0.486 e. The van der Waals surface area contributed by atoms with Crippen LogP contribution in [0, 0.1) is 17.1 Å². The average Bonchev–Trinajstić information content (AvgIpc) is 2.39. The fourth-order valence-electron chi connectivity index (χ4n) is 1.64. The van der Waals surface area contributed by atoms with Crippen molar-refractivity contribution in [1.29, 1.82) is 5.26 Å². The zero-order chi connectivity index (χ0) is 14.7. The average molecular weight is 311 g/mol. The Morgan fingerprint density at radius 1 is 1.25 bits per heavy atom. The van der Waals surface area contributed by atoms with Crippen LogP contribution in [0.3, 0.4) is 0 Å². The van der Waals surface area contributed by atoms with Crippen LogP contribution in [0.4, 0.5) is 10.1 Å². The van der Waals surface area contributed by atoms with Crippen molar-refractivity contribution in [1.82, 2.24) is 0 Å². The van der Waals surface area contributed by atoms with Gasteiger partial charge in [-0.2, -0.15) is 5.26 Å². The predicted octanol–water partition coefficient (Wildman–Crippen LogP) is 4.17. The summed E-state index contributed by atoms with van der Waals surface area (Å²) in [6.45, 7) is -0.0925. The molecule has 0 radical (unpaired) electrons. The monoisotopic (exact) mass is 310 g/mol. The Morgan fingerprint density at radius 2 is 1.90 bits per heavy atom. The molecule has 2 N–H and O–H groups in total. The molecule has 0 unspecified atom stereocenters. The van der Waals surface area contributed by atoms with Gasteiger partial charge >= 0.3 is 0 Å². The molecule has 3 nitrogen and oxygen atoms in total. The second-order valence-corrected chi connectivity index (χ2v) is 4.81. The van der Waals surface area contributed by atoms with Crippen LogP contribution in [0.25, 0.3) is 0 Å². The Labute approximate surface area is 125 Å². The number of ether oxygens (including phenoxy) is 1. The van der Waals surface area contributed by atoms with Gasteiger partial charge in [0.1, 0.15) is 18.5 Å². The summed E-state index contributed by atoms with van der Waals surface area (Å²) in [6.07, 6.45) is 0. The highest BCUT2D eigenvalue weighted by atomic mass is 35.5. The molecule has 0 atom stereocenters. The van der Waals surface area contributed by atoms with Gasteiger partial charge in [-0.3, -0.25) is 0 Å². The van der Waals surface area contributed by atoms with Crippen LogP contribution >= 0.6 is 23.2 Å². The number of halogens is 3. The number of nitrogens with two attached hydrogens (primary N) is 1. The largest absolute Gasteiger partial charge is 0.486 e. The van der Waals surface area contributed by atoms with Crippen LogP contribution in [0.2, 0.25) is 10.0 Å². The van der Waals surface area contributed by atoms with E-state index >= 15 is 0 Å². The van der Waals surface area contributed by atoms with E-state index in [1.165, 1.54) is 24.3 Å². The van der Waals surface area contributed by atoms with E-state index in [1.54, 1.807) is 12.1 Å². The zero-order valence-corrected chi connectivity index (χ0v) is 11.7. The molecule has 0 heterocycles. The minimum absolute atomic E-state index is 0.0411. The first kappa shape index (κ1) is 14.4. The third-order valence-electron chi connectivity index (χ3n) is 2.59. The SMILES string of the molecule is N#Cc1cccc(COc2c(Cl)cc(N)cc2Cl)c1F. The molecule has 2 aromatic rings. The van der Waals surface area contributed by atoms with Crippen molar-refractivity contribution in [3.8, 4) is 11.8 Å². The molecule has 6 heteroatoms. The minimum atomic E-state index is -0.613. The Balaban J connectivity index is 2.24. The van der Waals surface area contributed by atoms with E-state index < -0.39 is 5.82 Å². The van der Waals surface area contributed by atoms with Gasteiger partial charge in [-0.15, -0.1) is 0 Å². The highest BCUT2D eigenvalue weighted by molar-refractivity contribution is 6.37. The number of nitriles is 1. The summed E-state index contributed by atoms with van der Waals surface area (Å²) in [4.78, 5) is 0. The maximum Gasteiger partial charge on any atom is 0.157 e. The lowest BCUT2D eigenvalue weighted by Gasteiger charge is -2.11. The quantitative estimate of drug-likeness (QED) is 0.866. The molecule has 0 aromatic heterocycles. The molecule has 0 spiro atoms. The van der Waals surface area contributed by atoms with Crippen LogP contribution in [0.1, 0.15) is 11.1 Å². The van der Waals surface area contributed by atoms with E-state index in [-0.39, 0.29) is 33.5 Å². The fourth-order valence-corrected chi connectivity index (χ4v) is 2.26. The second-order valence-electron chi connectivity index (χ2n) is 3.99. The maximum absolute atomic E-state index is 13.9. The van der Waals surface area contributed by atoms with Gasteiger partial charge in [0.25, 0.3) is 0 Å². The summed E-state index contributed by atoms with van der Waals surface area (Å²) in [7, 11) is 0. The number of rotatable bonds is 3. The lowest BCUT2D eigenvalue weighted by Crippen LogP contribution is -2.01. The van der Waals surface area contributed by atoms with Gasteiger partial charge in [-0.1, -0.05) is 35.3 Å². The van der Waals surface area contributed by atoms with E-state index in [9.17, 15) is 4.39 Å². The molecule has 0 aliphatic rings. The first-order valence-corrected chi connectivity index (χ1v) is 6.33. The first-order valence-electron chi connectivity index (χ1n) is 5.57. The van der Waals surface area contributed by atoms with Crippen LogP contribution in [-0.4, -0.2) is 0 Å². The molecule has 0 aliphatic heterocycles. The molecule has 0 saturated heterocycles. The third kappa shape index (κ3) is 2.96. The number of hydrogen-bond donors (Lipinski definition) is 1. The summed E-state index contributed by atoms with van der Waals surface area (Å²) in [5.41, 5.74) is 6.19. The Hall–Kier alpha value is -1.96. The molecule has 0 saturated carbocycles. The van der Waals surface area contributed by atoms with Crippen LogP contribution in [-0.2, 0) is 6.61 Å². The third-order valence-corrected chi connectivity index (χ3v) is 3.15. The van der Waals surface area contributed by atoms with Gasteiger partial charge in [0, 0.05) is 11.3 Å². The van der Waals surface area contributed by atoms with Crippen molar-refractivity contribution in [2.45, 2.75) is 6.61 Å². The number of anilines is 1. The summed E-state index contributed by atoms with van der Waals surface area (Å²) < 4.78 is 19.3. The molecule has 20 heavy (non-hydrogen) atoms. The summed E-state index contributed by atoms with van der Waals surface area (Å²) in [5.74, 6) is -0.387. The van der Waals surface area contributed by atoms with Gasteiger partial charge in [0.05, 0.1) is 15.6 Å². The number of benzene rings is 2. The van der Waals surface area contributed by atoms with E-state index in [0.717, 1.165) is 0 Å². The van der Waals surface area contributed by atoms with E-state index in [2.05, 4.69) is 0 Å². The number of nitrogens with zero attached hydrogens (tertiary/aromatic N) is 1. The van der Waals surface area contributed by atoms with E-state index in [4.69, 9.17) is 38.9 Å². The Morgan fingerprint density at radius 3 is 2.50 bits per heavy atom. The lowest BCUT2D eigenvalue weighted by molar-refractivity contribution is 0.300. The molecule has 0 fully saturated rings. The summed E-state index contributed by atoms with van der Waals surface area (Å²) >= 11 is 11.9. The molecule has 0 amide bonds. The zero-order valence-electron chi connectivity index (χ0n) is 10.2. The molecule has 0 bridgehead atoms. The van der Waals surface area contributed by atoms with Gasteiger partial charge in [0.15, 0.2) is 5.75 Å². The van der Waals surface area contributed by atoms with Crippen molar-refractivity contribution in [2.24, 2.45) is 0 Å². The first-order chi connectivity index (χ1) is 9.52. The van der Waals surface area contributed by atoms with E-state index in [1.807, 2.05) is 0 Å². The highest BCUT2D eigenvalue weighted by Crippen LogP contribution is 2.35. The van der Waals surface area contributed by atoms with Gasteiger partial charge in [-0.05, 0) is 18.2 Å². The molecule has 102 valence electrons. The molecule has 0 aliphatic carbocycles. The number of nitrogen functional groups attached to an aromatic ring is 1. The molecular formula is C14H9Cl2FN2O. The summed E-state index contributed by atoms with van der Waals surface area (Å²) in [6, 6.07) is 9.24. The van der Waals surface area contributed by atoms with Crippen LogP contribution < -0.4 is 10.5 Å². The van der Waals surface area contributed by atoms with Gasteiger partial charge in [0.2, 0.25) is 0 Å². The molecule has 2 rings (SSSR count). The smallest absolute Gasteiger partial charge is 0.157 e. The predicted molar refractivity (Wildman–Crippen MR) is 76.3 cm³/mol. The number of hydrogen-bond acceptors (Lipinski definition) is 3. The van der Waals surface area contributed by atoms with Crippen LogP contribution in [0.15, 0.2) is 30.3 Å². The Bertz CT molecular complexity index is 675. The van der Waals surface area contributed by atoms with Crippen LogP contribution in [0.5, 0.6) is 5.75 Å². The summed E-state index contributed by atoms with van der Waals surface area (Å²) in [5, 5.41) is 9.24. The fraction of sp³-hybridized carbons (Fsp3) is 0.0714. The normalized spacial score (nSPS) is 10.1. The highest BCUT2D eigenvalue weighted by Gasteiger charge is 2.12. The van der Waals surface area contributed by atoms with Gasteiger partial charge < -0.3 is 10.5 Å². The standard InChI is InChI=1S/C14H9Cl2FN2O/c15-11-4-10(19)5-12(16)14(11)20-7-9-3-1-2-8(6-18)13(9)17/h1-5H,7,19H2. The molecule has 2 aromatic carbocycles. The topological polar surface area (TPSA) is 59.0 Å². The van der Waals surface area contributed by atoms with Crippen molar-refractivity contribution in [2.75, 3.05) is 5.73 Å². The lowest BCUT2D eigenvalue weighted by atomic mass is 10.1.